The number of nitrogens with zero attached hydrogens (tertiary/aromatic N) is 1. The largest absolute Gasteiger partial charge is 0.493 e. The number of ether oxygens (including phenoxy) is 2. The van der Waals surface area contributed by atoms with E-state index in [-0.39, 0.29) is 24.7 Å². The first-order chi connectivity index (χ1) is 14.1. The summed E-state index contributed by atoms with van der Waals surface area (Å²) in [6.07, 6.45) is 4.22. The Morgan fingerprint density at radius 3 is 2.76 bits per heavy atom. The molecule has 5 atom stereocenters. The van der Waals surface area contributed by atoms with E-state index >= 15 is 0 Å². The predicted octanol–water partition coefficient (Wildman–Crippen LogP) is 4.06. The van der Waals surface area contributed by atoms with Gasteiger partial charge in [-0.15, -0.1) is 11.3 Å². The number of aliphatic hydroxyl groups excluding tert-OH is 2. The number of aryl methyl sites for hydroxylation is 2. The van der Waals surface area contributed by atoms with Gasteiger partial charge >= 0.3 is 0 Å². The molecule has 1 aromatic heterocycles. The molecule has 0 unspecified atom stereocenters. The first-order valence-electron chi connectivity index (χ1n) is 10.8. The highest BCUT2D eigenvalue weighted by Gasteiger charge is 2.47. The number of aromatic nitrogens is 1. The van der Waals surface area contributed by atoms with Crippen LogP contribution in [0.2, 0.25) is 0 Å². The smallest absolute Gasteiger partial charge is 0.122 e. The van der Waals surface area contributed by atoms with Crippen molar-refractivity contribution in [2.45, 2.75) is 70.9 Å². The van der Waals surface area contributed by atoms with Crippen molar-refractivity contribution < 1.29 is 19.7 Å². The van der Waals surface area contributed by atoms with E-state index in [2.05, 4.69) is 31.0 Å². The summed E-state index contributed by atoms with van der Waals surface area (Å²) in [7, 11) is 0. The molecule has 2 N–H and O–H groups in total. The zero-order valence-electron chi connectivity index (χ0n) is 17.2. The van der Waals surface area contributed by atoms with Crippen molar-refractivity contribution in [1.82, 2.24) is 4.98 Å². The Kier molecular flexibility index (Phi) is 6.54. The average molecular weight is 418 g/mol. The third kappa shape index (κ3) is 4.36. The van der Waals surface area contributed by atoms with Gasteiger partial charge in [0.1, 0.15) is 16.9 Å². The van der Waals surface area contributed by atoms with Crippen molar-refractivity contribution in [2.24, 2.45) is 11.8 Å². The Hall–Kier alpha value is -1.47. The lowest BCUT2D eigenvalue weighted by Crippen LogP contribution is -2.33. The van der Waals surface area contributed by atoms with Gasteiger partial charge in [0.05, 0.1) is 31.1 Å². The van der Waals surface area contributed by atoms with Crippen LogP contribution in [0.3, 0.4) is 0 Å². The monoisotopic (exact) mass is 417 g/mol. The second kappa shape index (κ2) is 9.13. The summed E-state index contributed by atoms with van der Waals surface area (Å²) in [6.45, 7) is 4.84. The number of hydrogen-bond donors (Lipinski definition) is 2. The molecule has 5 nitrogen and oxygen atoms in total. The Bertz CT molecular complexity index is 823. The minimum Gasteiger partial charge on any atom is -0.493 e. The summed E-state index contributed by atoms with van der Waals surface area (Å²) in [5.74, 6) is 1.31. The number of fused-ring (bicyclic) bond motifs is 1. The first-order valence-corrected chi connectivity index (χ1v) is 11.6. The van der Waals surface area contributed by atoms with Crippen molar-refractivity contribution in [1.29, 1.82) is 0 Å². The predicted molar refractivity (Wildman–Crippen MR) is 113 cm³/mol. The van der Waals surface area contributed by atoms with Crippen LogP contribution >= 0.6 is 11.3 Å². The second-order valence-corrected chi connectivity index (χ2v) is 9.04. The summed E-state index contributed by atoms with van der Waals surface area (Å²) in [5, 5.41) is 22.7. The summed E-state index contributed by atoms with van der Waals surface area (Å²) in [4.78, 5) is 4.47. The topological polar surface area (TPSA) is 71.8 Å². The van der Waals surface area contributed by atoms with Crippen LogP contribution in [0.1, 0.15) is 61.0 Å². The average Bonchev–Trinajstić information content (AvgIpc) is 3.35. The number of benzene rings is 1. The van der Waals surface area contributed by atoms with Gasteiger partial charge in [0.25, 0.3) is 0 Å². The fourth-order valence-electron chi connectivity index (χ4n) is 4.85. The van der Waals surface area contributed by atoms with Crippen molar-refractivity contribution in [2.75, 3.05) is 6.61 Å². The van der Waals surface area contributed by atoms with Gasteiger partial charge in [-0.2, -0.15) is 0 Å². The number of aliphatic hydroxyl groups is 2. The SMILES string of the molecule is CCc1ccc(OC[C@@H]2[C@H]3CC[C@H](c4nc(CO)cs4)O[C@H]3C[C@@H]2O)cc1CC. The molecule has 29 heavy (non-hydrogen) atoms. The molecule has 1 aliphatic carbocycles. The molecule has 158 valence electrons. The van der Waals surface area contributed by atoms with E-state index in [1.54, 1.807) is 11.3 Å². The van der Waals surface area contributed by atoms with Crippen LogP contribution in [0.5, 0.6) is 5.75 Å². The van der Waals surface area contributed by atoms with E-state index in [4.69, 9.17) is 9.47 Å². The highest BCUT2D eigenvalue weighted by atomic mass is 32.1. The molecular formula is C23H31NO4S. The Morgan fingerprint density at radius 1 is 1.21 bits per heavy atom. The lowest BCUT2D eigenvalue weighted by atomic mass is 9.87. The molecule has 1 aromatic carbocycles. The molecule has 4 rings (SSSR count). The van der Waals surface area contributed by atoms with Crippen molar-refractivity contribution in [3.05, 3.63) is 45.4 Å². The quantitative estimate of drug-likeness (QED) is 0.711. The van der Waals surface area contributed by atoms with Crippen LogP contribution in [0.25, 0.3) is 0 Å². The molecule has 1 aliphatic heterocycles. The normalized spacial score (nSPS) is 29.0. The minimum absolute atomic E-state index is 0.0258. The molecule has 2 fully saturated rings. The van der Waals surface area contributed by atoms with E-state index in [0.29, 0.717) is 24.6 Å². The first kappa shape index (κ1) is 20.8. The summed E-state index contributed by atoms with van der Waals surface area (Å²) in [6, 6.07) is 6.35. The van der Waals surface area contributed by atoms with Gasteiger partial charge in [0.2, 0.25) is 0 Å². The highest BCUT2D eigenvalue weighted by molar-refractivity contribution is 7.09. The number of thiazole rings is 1. The van der Waals surface area contributed by atoms with Crippen LogP contribution in [-0.4, -0.2) is 34.0 Å². The van der Waals surface area contributed by atoms with Gasteiger partial charge in [-0.3, -0.25) is 0 Å². The molecule has 0 amide bonds. The molecule has 0 radical (unpaired) electrons. The lowest BCUT2D eigenvalue weighted by molar-refractivity contribution is -0.0812. The van der Waals surface area contributed by atoms with Gasteiger partial charge in [0, 0.05) is 17.7 Å². The maximum absolute atomic E-state index is 10.7. The molecular weight excluding hydrogens is 386 g/mol. The molecule has 2 aromatic rings. The van der Waals surface area contributed by atoms with Crippen LogP contribution < -0.4 is 4.74 Å². The summed E-state index contributed by atoms with van der Waals surface area (Å²) < 4.78 is 12.5. The van der Waals surface area contributed by atoms with E-state index in [1.165, 1.54) is 11.1 Å². The Morgan fingerprint density at radius 2 is 2.03 bits per heavy atom. The molecule has 2 heterocycles. The molecule has 2 aliphatic rings. The Balaban J connectivity index is 1.38. The number of rotatable bonds is 7. The van der Waals surface area contributed by atoms with Crippen molar-refractivity contribution in [3.8, 4) is 5.75 Å². The van der Waals surface area contributed by atoms with Crippen molar-refractivity contribution >= 4 is 11.3 Å². The highest BCUT2D eigenvalue weighted by Crippen LogP contribution is 2.46. The van der Waals surface area contributed by atoms with E-state index in [0.717, 1.165) is 36.4 Å². The Labute approximate surface area is 176 Å². The van der Waals surface area contributed by atoms with Gasteiger partial charge in [-0.1, -0.05) is 19.9 Å². The third-order valence-corrected chi connectivity index (χ3v) is 7.47. The van der Waals surface area contributed by atoms with E-state index < -0.39 is 6.10 Å². The van der Waals surface area contributed by atoms with Gasteiger partial charge in [0.15, 0.2) is 0 Å². The van der Waals surface area contributed by atoms with Crippen LogP contribution in [-0.2, 0) is 24.2 Å². The fourth-order valence-corrected chi connectivity index (χ4v) is 5.73. The van der Waals surface area contributed by atoms with E-state index in [9.17, 15) is 10.2 Å². The van der Waals surface area contributed by atoms with Crippen LogP contribution in [0.15, 0.2) is 23.6 Å². The minimum atomic E-state index is -0.395. The van der Waals surface area contributed by atoms with Crippen molar-refractivity contribution in [3.63, 3.8) is 0 Å². The molecule has 0 bridgehead atoms. The molecule has 1 saturated heterocycles. The lowest BCUT2D eigenvalue weighted by Gasteiger charge is -2.33. The summed E-state index contributed by atoms with van der Waals surface area (Å²) >= 11 is 1.55. The second-order valence-electron chi connectivity index (χ2n) is 8.16. The van der Waals surface area contributed by atoms with Gasteiger partial charge in [-0.05, 0) is 54.9 Å². The van der Waals surface area contributed by atoms with Crippen LogP contribution in [0.4, 0.5) is 0 Å². The molecule has 0 spiro atoms. The fraction of sp³-hybridized carbons (Fsp3) is 0.609. The van der Waals surface area contributed by atoms with Crippen LogP contribution in [0, 0.1) is 11.8 Å². The van der Waals surface area contributed by atoms with Gasteiger partial charge in [-0.25, -0.2) is 4.98 Å². The zero-order chi connectivity index (χ0) is 20.4. The zero-order valence-corrected chi connectivity index (χ0v) is 18.0. The standard InChI is InChI=1S/C23H31NO4S/c1-3-14-5-6-17(9-15(14)4-2)27-12-19-18-7-8-21(28-22(18)10-20(19)26)23-24-16(11-25)13-29-23/h5-6,9,13,18-22,25-26H,3-4,7-8,10-12H2,1-2H3/t18-,19-,20+,21-,22+/m1/s1. The maximum atomic E-state index is 10.7. The molecule has 1 saturated carbocycles. The molecule has 6 heteroatoms. The van der Waals surface area contributed by atoms with E-state index in [1.807, 2.05) is 11.4 Å². The number of hydrogen-bond acceptors (Lipinski definition) is 6. The third-order valence-electron chi connectivity index (χ3n) is 6.49. The summed E-state index contributed by atoms with van der Waals surface area (Å²) in [5.41, 5.74) is 3.41. The van der Waals surface area contributed by atoms with Gasteiger partial charge < -0.3 is 19.7 Å². The maximum Gasteiger partial charge on any atom is 0.122 e.